The van der Waals surface area contributed by atoms with E-state index < -0.39 is 17.6 Å². The van der Waals surface area contributed by atoms with Crippen LogP contribution >= 0.6 is 11.3 Å². The third kappa shape index (κ3) is 5.24. The van der Waals surface area contributed by atoms with Crippen LogP contribution in [0.4, 0.5) is 8.78 Å². The van der Waals surface area contributed by atoms with E-state index in [1.165, 1.54) is 23.5 Å². The highest BCUT2D eigenvalue weighted by atomic mass is 32.1. The molecule has 0 aliphatic heterocycles. The number of halogens is 2. The van der Waals surface area contributed by atoms with Gasteiger partial charge in [-0.1, -0.05) is 0 Å². The summed E-state index contributed by atoms with van der Waals surface area (Å²) in [5, 5.41) is 11.9. The number of hydrogen-bond donors (Lipinski definition) is 2. The Kier molecular flexibility index (Phi) is 5.41. The Morgan fingerprint density at radius 3 is 2.48 bits per heavy atom. The van der Waals surface area contributed by atoms with Crippen molar-refractivity contribution in [2.75, 3.05) is 6.54 Å². The molecule has 0 bridgehead atoms. The Morgan fingerprint density at radius 2 is 1.81 bits per heavy atom. The molecule has 21 heavy (non-hydrogen) atoms. The molecule has 0 radical (unpaired) electrons. The third-order valence-electron chi connectivity index (χ3n) is 2.85. The normalized spacial score (nSPS) is 10.8. The van der Waals surface area contributed by atoms with Gasteiger partial charge >= 0.3 is 5.97 Å². The van der Waals surface area contributed by atoms with Crippen molar-refractivity contribution in [3.8, 4) is 0 Å². The van der Waals surface area contributed by atoms with Crippen LogP contribution in [0.15, 0.2) is 30.3 Å². The predicted molar refractivity (Wildman–Crippen MR) is 77.4 cm³/mol. The van der Waals surface area contributed by atoms with Gasteiger partial charge in [0.15, 0.2) is 0 Å². The van der Waals surface area contributed by atoms with E-state index in [1.807, 2.05) is 6.07 Å². The molecule has 0 saturated carbocycles. The molecule has 0 aliphatic rings. The van der Waals surface area contributed by atoms with Crippen LogP contribution in [-0.4, -0.2) is 17.6 Å². The summed E-state index contributed by atoms with van der Waals surface area (Å²) in [6.45, 7) is 1.21. The van der Waals surface area contributed by atoms with Crippen molar-refractivity contribution in [1.29, 1.82) is 0 Å². The maximum absolute atomic E-state index is 13.0. The first-order valence-electron chi connectivity index (χ1n) is 6.48. The van der Waals surface area contributed by atoms with E-state index in [1.54, 1.807) is 6.07 Å². The summed E-state index contributed by atoms with van der Waals surface area (Å²) in [5.74, 6) is -1.98. The number of aliphatic carboxylic acids is 1. The smallest absolute Gasteiger partial charge is 0.308 e. The number of nitrogens with one attached hydrogen (secondary N) is 1. The van der Waals surface area contributed by atoms with Crippen LogP contribution in [0.2, 0.25) is 0 Å². The van der Waals surface area contributed by atoms with E-state index >= 15 is 0 Å². The number of hydrogen-bond acceptors (Lipinski definition) is 3. The van der Waals surface area contributed by atoms with Gasteiger partial charge in [0.25, 0.3) is 0 Å². The third-order valence-corrected chi connectivity index (χ3v) is 3.94. The monoisotopic (exact) mass is 311 g/mol. The second-order valence-corrected chi connectivity index (χ2v) is 5.90. The molecule has 0 unspecified atom stereocenters. The van der Waals surface area contributed by atoms with Gasteiger partial charge < -0.3 is 10.4 Å². The van der Waals surface area contributed by atoms with Gasteiger partial charge in [-0.2, -0.15) is 0 Å². The zero-order valence-electron chi connectivity index (χ0n) is 11.2. The van der Waals surface area contributed by atoms with Gasteiger partial charge in [-0.25, -0.2) is 8.78 Å². The number of carboxylic acids is 1. The van der Waals surface area contributed by atoms with Crippen molar-refractivity contribution in [3.05, 3.63) is 57.3 Å². The molecule has 1 aromatic heterocycles. The first-order chi connectivity index (χ1) is 10.0. The number of thiophene rings is 1. The van der Waals surface area contributed by atoms with E-state index in [9.17, 15) is 13.6 Å². The largest absolute Gasteiger partial charge is 0.481 e. The lowest BCUT2D eigenvalue weighted by Crippen LogP contribution is -2.16. The standard InChI is InChI=1S/C15H15F2NO2S/c16-11-5-10(6-12(17)7-11)3-4-18-9-14-2-1-13(21-14)8-15(19)20/h1-2,5-7,18H,3-4,8-9H2,(H,19,20). The number of rotatable bonds is 7. The fourth-order valence-electron chi connectivity index (χ4n) is 1.96. The molecular formula is C15H15F2NO2S. The van der Waals surface area contributed by atoms with Crippen LogP contribution in [-0.2, 0) is 24.2 Å². The summed E-state index contributed by atoms with van der Waals surface area (Å²) in [5.41, 5.74) is 0.609. The minimum atomic E-state index is -0.843. The Balaban J connectivity index is 1.76. The molecule has 6 heteroatoms. The molecule has 0 spiro atoms. The molecule has 1 heterocycles. The lowest BCUT2D eigenvalue weighted by atomic mass is 10.1. The van der Waals surface area contributed by atoms with Crippen molar-refractivity contribution < 1.29 is 18.7 Å². The maximum Gasteiger partial charge on any atom is 0.308 e. The summed E-state index contributed by atoms with van der Waals surface area (Å²) in [4.78, 5) is 12.4. The minimum absolute atomic E-state index is 0.0350. The highest BCUT2D eigenvalue weighted by molar-refractivity contribution is 7.12. The molecule has 2 rings (SSSR count). The molecule has 0 amide bonds. The lowest BCUT2D eigenvalue weighted by molar-refractivity contribution is -0.136. The van der Waals surface area contributed by atoms with Gasteiger partial charge in [0, 0.05) is 22.4 Å². The first kappa shape index (κ1) is 15.6. The fourth-order valence-corrected chi connectivity index (χ4v) is 2.94. The van der Waals surface area contributed by atoms with Gasteiger partial charge in [-0.3, -0.25) is 4.79 Å². The zero-order chi connectivity index (χ0) is 15.2. The van der Waals surface area contributed by atoms with E-state index in [2.05, 4.69) is 5.32 Å². The number of carboxylic acid groups (broad SMARTS) is 1. The zero-order valence-corrected chi connectivity index (χ0v) is 12.1. The van der Waals surface area contributed by atoms with Crippen LogP contribution in [0.5, 0.6) is 0 Å². The second-order valence-electron chi connectivity index (χ2n) is 4.64. The Morgan fingerprint density at radius 1 is 1.14 bits per heavy atom. The number of benzene rings is 1. The summed E-state index contributed by atoms with van der Waals surface area (Å²) < 4.78 is 26.0. The summed E-state index contributed by atoms with van der Waals surface area (Å²) >= 11 is 1.45. The van der Waals surface area contributed by atoms with Crippen molar-refractivity contribution in [3.63, 3.8) is 0 Å². The van der Waals surface area contributed by atoms with Gasteiger partial charge in [-0.05, 0) is 42.8 Å². The van der Waals surface area contributed by atoms with Crippen molar-refractivity contribution in [2.45, 2.75) is 19.4 Å². The topological polar surface area (TPSA) is 49.3 Å². The molecule has 2 N–H and O–H groups in total. The SMILES string of the molecule is O=C(O)Cc1ccc(CNCCc2cc(F)cc(F)c2)s1. The highest BCUT2D eigenvalue weighted by Crippen LogP contribution is 2.17. The molecule has 1 aromatic carbocycles. The van der Waals surface area contributed by atoms with Gasteiger partial charge in [0.05, 0.1) is 6.42 Å². The van der Waals surface area contributed by atoms with Crippen LogP contribution in [0.1, 0.15) is 15.3 Å². The first-order valence-corrected chi connectivity index (χ1v) is 7.29. The molecule has 112 valence electrons. The molecule has 0 aliphatic carbocycles. The summed E-state index contributed by atoms with van der Waals surface area (Å²) in [6, 6.07) is 7.18. The van der Waals surface area contributed by atoms with Crippen LogP contribution < -0.4 is 5.32 Å². The summed E-state index contributed by atoms with van der Waals surface area (Å²) in [7, 11) is 0. The van der Waals surface area contributed by atoms with Crippen molar-refractivity contribution in [2.24, 2.45) is 0 Å². The molecule has 2 aromatic rings. The molecule has 0 atom stereocenters. The molecule has 3 nitrogen and oxygen atoms in total. The number of carbonyl (C=O) groups is 1. The molecule has 0 saturated heterocycles. The lowest BCUT2D eigenvalue weighted by Gasteiger charge is -2.04. The predicted octanol–water partition coefficient (Wildman–Crippen LogP) is 2.99. The Hall–Kier alpha value is -1.79. The van der Waals surface area contributed by atoms with E-state index in [4.69, 9.17) is 5.11 Å². The fraction of sp³-hybridized carbons (Fsp3) is 0.267. The minimum Gasteiger partial charge on any atom is -0.481 e. The second kappa shape index (κ2) is 7.28. The van der Waals surface area contributed by atoms with Crippen molar-refractivity contribution in [1.82, 2.24) is 5.32 Å². The van der Waals surface area contributed by atoms with Gasteiger partial charge in [0.1, 0.15) is 11.6 Å². The van der Waals surface area contributed by atoms with E-state index in [-0.39, 0.29) is 6.42 Å². The Bertz CT molecular complexity index is 608. The van der Waals surface area contributed by atoms with Crippen LogP contribution in [0, 0.1) is 11.6 Å². The average Bonchev–Trinajstić information content (AvgIpc) is 2.80. The van der Waals surface area contributed by atoms with E-state index in [0.717, 1.165) is 15.8 Å². The highest BCUT2D eigenvalue weighted by Gasteiger charge is 2.05. The van der Waals surface area contributed by atoms with Gasteiger partial charge in [-0.15, -0.1) is 11.3 Å². The van der Waals surface area contributed by atoms with Crippen LogP contribution in [0.3, 0.4) is 0 Å². The van der Waals surface area contributed by atoms with Crippen LogP contribution in [0.25, 0.3) is 0 Å². The molecular weight excluding hydrogens is 296 g/mol. The maximum atomic E-state index is 13.0. The molecule has 0 fully saturated rings. The quantitative estimate of drug-likeness (QED) is 0.773. The van der Waals surface area contributed by atoms with E-state index in [0.29, 0.717) is 25.1 Å². The average molecular weight is 311 g/mol. The van der Waals surface area contributed by atoms with Gasteiger partial charge in [0.2, 0.25) is 0 Å². The summed E-state index contributed by atoms with van der Waals surface area (Å²) in [6.07, 6.45) is 0.565. The van der Waals surface area contributed by atoms with Crippen molar-refractivity contribution >= 4 is 17.3 Å². The Labute approximate surface area is 125 Å².